The number of nitrogens with one attached hydrogen (secondary N) is 2. The van der Waals surface area contributed by atoms with Gasteiger partial charge in [-0.3, -0.25) is 4.79 Å². The van der Waals surface area contributed by atoms with Crippen LogP contribution in [0.3, 0.4) is 0 Å². The topological polar surface area (TPSA) is 57.8 Å². The zero-order valence-corrected chi connectivity index (χ0v) is 12.3. The van der Waals surface area contributed by atoms with Gasteiger partial charge in [-0.25, -0.2) is 13.8 Å². The molecule has 0 amide bonds. The van der Waals surface area contributed by atoms with Crippen molar-refractivity contribution >= 4 is 33.2 Å². The lowest BCUT2D eigenvalue weighted by atomic mass is 10.1. The van der Waals surface area contributed by atoms with E-state index in [1.54, 1.807) is 24.3 Å². The van der Waals surface area contributed by atoms with Crippen molar-refractivity contribution in [3.8, 4) is 0 Å². The van der Waals surface area contributed by atoms with Crippen molar-refractivity contribution in [1.82, 2.24) is 9.97 Å². The van der Waals surface area contributed by atoms with Crippen LogP contribution in [0.25, 0.3) is 21.8 Å². The van der Waals surface area contributed by atoms with Gasteiger partial charge < -0.3 is 10.3 Å². The zero-order chi connectivity index (χ0) is 16.7. The molecule has 2 heterocycles. The second kappa shape index (κ2) is 5.42. The van der Waals surface area contributed by atoms with E-state index in [9.17, 15) is 13.6 Å². The van der Waals surface area contributed by atoms with Gasteiger partial charge in [0.05, 0.1) is 11.4 Å². The fourth-order valence-corrected chi connectivity index (χ4v) is 2.74. The van der Waals surface area contributed by atoms with Gasteiger partial charge in [0.2, 0.25) is 0 Å². The number of para-hydroxylation sites is 1. The lowest BCUT2D eigenvalue weighted by Gasteiger charge is -2.12. The molecule has 4 nitrogen and oxygen atoms in total. The van der Waals surface area contributed by atoms with Crippen LogP contribution in [0, 0.1) is 11.6 Å². The van der Waals surface area contributed by atoms with Crippen LogP contribution in [0.5, 0.6) is 0 Å². The minimum absolute atomic E-state index is 0.278. The second-order valence-electron chi connectivity index (χ2n) is 5.33. The molecule has 6 heteroatoms. The van der Waals surface area contributed by atoms with Gasteiger partial charge in [-0.1, -0.05) is 12.1 Å². The predicted molar refractivity (Wildman–Crippen MR) is 89.5 cm³/mol. The average molecular weight is 323 g/mol. The Bertz CT molecular complexity index is 1140. The quantitative estimate of drug-likeness (QED) is 0.546. The number of aromatic nitrogens is 2. The van der Waals surface area contributed by atoms with Gasteiger partial charge in [-0.2, -0.15) is 0 Å². The number of H-pyrrole nitrogens is 1. The third kappa shape index (κ3) is 2.28. The first kappa shape index (κ1) is 14.3. The molecule has 0 radical (unpaired) electrons. The van der Waals surface area contributed by atoms with Gasteiger partial charge in [0, 0.05) is 22.4 Å². The summed E-state index contributed by atoms with van der Waals surface area (Å²) < 4.78 is 27.6. The number of nitrogens with zero attached hydrogens (tertiary/aromatic N) is 1. The number of pyridine rings is 2. The van der Waals surface area contributed by atoms with Crippen molar-refractivity contribution in [2.45, 2.75) is 0 Å². The number of fused-ring (bicyclic) bond motifs is 3. The summed E-state index contributed by atoms with van der Waals surface area (Å²) in [4.78, 5) is 18.9. The third-order valence-electron chi connectivity index (χ3n) is 3.82. The van der Waals surface area contributed by atoms with E-state index in [0.29, 0.717) is 27.5 Å². The summed E-state index contributed by atoms with van der Waals surface area (Å²) in [6.07, 6.45) is 1.49. The standard InChI is InChI=1S/C18H11F2N3O/c19-10-5-6-11-12(9-10)16-15(7-8-21-17(16)23-18(11)24)22-14-4-2-1-3-13(14)20/h1-9H,(H2,21,22,23,24). The van der Waals surface area contributed by atoms with E-state index in [1.807, 2.05) is 0 Å². The van der Waals surface area contributed by atoms with Crippen LogP contribution in [0.15, 0.2) is 59.5 Å². The molecule has 2 aromatic heterocycles. The average Bonchev–Trinajstić information content (AvgIpc) is 2.57. The first-order valence-electron chi connectivity index (χ1n) is 7.25. The summed E-state index contributed by atoms with van der Waals surface area (Å²) in [6, 6.07) is 11.8. The fourth-order valence-electron chi connectivity index (χ4n) is 2.74. The Morgan fingerprint density at radius 3 is 2.62 bits per heavy atom. The normalized spacial score (nSPS) is 11.1. The highest BCUT2D eigenvalue weighted by Crippen LogP contribution is 2.30. The molecule has 118 valence electrons. The third-order valence-corrected chi connectivity index (χ3v) is 3.82. The molecule has 0 unspecified atom stereocenters. The summed E-state index contributed by atoms with van der Waals surface area (Å²) in [5.41, 5.74) is 0.755. The first-order chi connectivity index (χ1) is 11.6. The van der Waals surface area contributed by atoms with Gasteiger partial charge in [0.15, 0.2) is 0 Å². The number of halogens is 2. The van der Waals surface area contributed by atoms with E-state index < -0.39 is 11.6 Å². The van der Waals surface area contributed by atoms with Crippen molar-refractivity contribution in [3.05, 3.63) is 76.7 Å². The molecule has 0 saturated heterocycles. The largest absolute Gasteiger partial charge is 0.352 e. The molecular weight excluding hydrogens is 312 g/mol. The maximum atomic E-state index is 13.9. The van der Waals surface area contributed by atoms with Crippen LogP contribution in [0.1, 0.15) is 0 Å². The summed E-state index contributed by atoms with van der Waals surface area (Å²) in [6.45, 7) is 0. The number of hydrogen-bond acceptors (Lipinski definition) is 3. The molecule has 0 aliphatic rings. The number of benzene rings is 2. The lowest BCUT2D eigenvalue weighted by molar-refractivity contribution is 0.629. The molecule has 0 saturated carbocycles. The smallest absolute Gasteiger partial charge is 0.257 e. The SMILES string of the molecule is O=c1[nH]c2nccc(Nc3ccccc3F)c2c2cc(F)ccc12. The van der Waals surface area contributed by atoms with Crippen molar-refractivity contribution in [2.75, 3.05) is 5.32 Å². The van der Waals surface area contributed by atoms with E-state index in [0.717, 1.165) is 0 Å². The molecule has 0 spiro atoms. The van der Waals surface area contributed by atoms with Crippen LogP contribution in [-0.4, -0.2) is 9.97 Å². The molecule has 4 aromatic rings. The minimum atomic E-state index is -0.463. The second-order valence-corrected chi connectivity index (χ2v) is 5.33. The number of aromatic amines is 1. The molecule has 0 bridgehead atoms. The Morgan fingerprint density at radius 2 is 1.79 bits per heavy atom. The number of hydrogen-bond donors (Lipinski definition) is 2. The number of rotatable bonds is 2. The Morgan fingerprint density at radius 1 is 0.958 bits per heavy atom. The molecule has 0 fully saturated rings. The monoisotopic (exact) mass is 323 g/mol. The Labute approximate surface area is 134 Å². The van der Waals surface area contributed by atoms with Crippen LogP contribution in [-0.2, 0) is 0 Å². The first-order valence-corrected chi connectivity index (χ1v) is 7.25. The van der Waals surface area contributed by atoms with Crippen molar-refractivity contribution in [1.29, 1.82) is 0 Å². The van der Waals surface area contributed by atoms with Gasteiger partial charge >= 0.3 is 0 Å². The summed E-state index contributed by atoms with van der Waals surface area (Å²) in [7, 11) is 0. The number of anilines is 2. The maximum absolute atomic E-state index is 13.9. The Balaban J connectivity index is 2.04. The molecule has 0 aliphatic heterocycles. The predicted octanol–water partition coefficient (Wildman–Crippen LogP) is 4.10. The van der Waals surface area contributed by atoms with E-state index >= 15 is 0 Å². The van der Waals surface area contributed by atoms with E-state index in [1.165, 1.54) is 30.5 Å². The van der Waals surface area contributed by atoms with E-state index in [-0.39, 0.29) is 11.2 Å². The highest BCUT2D eigenvalue weighted by atomic mass is 19.1. The highest BCUT2D eigenvalue weighted by Gasteiger charge is 2.12. The Hall–Kier alpha value is -3.28. The van der Waals surface area contributed by atoms with E-state index in [2.05, 4.69) is 15.3 Å². The molecule has 0 atom stereocenters. The Kier molecular flexibility index (Phi) is 3.23. The van der Waals surface area contributed by atoms with Crippen LogP contribution in [0.4, 0.5) is 20.2 Å². The van der Waals surface area contributed by atoms with Crippen LogP contribution in [0.2, 0.25) is 0 Å². The molecule has 2 aromatic carbocycles. The lowest BCUT2D eigenvalue weighted by Crippen LogP contribution is -2.08. The molecule has 2 N–H and O–H groups in total. The van der Waals surface area contributed by atoms with Gasteiger partial charge in [0.1, 0.15) is 17.3 Å². The van der Waals surface area contributed by atoms with Gasteiger partial charge in [-0.05, 0) is 36.4 Å². The molecule has 24 heavy (non-hydrogen) atoms. The fraction of sp³-hybridized carbons (Fsp3) is 0. The van der Waals surface area contributed by atoms with Crippen molar-refractivity contribution in [3.63, 3.8) is 0 Å². The summed E-state index contributed by atoms with van der Waals surface area (Å²) in [5, 5.41) is 4.27. The van der Waals surface area contributed by atoms with Gasteiger partial charge in [-0.15, -0.1) is 0 Å². The van der Waals surface area contributed by atoms with Crippen molar-refractivity contribution < 1.29 is 8.78 Å². The van der Waals surface area contributed by atoms with Gasteiger partial charge in [0.25, 0.3) is 5.56 Å². The van der Waals surface area contributed by atoms with Crippen molar-refractivity contribution in [2.24, 2.45) is 0 Å². The highest BCUT2D eigenvalue weighted by molar-refractivity contribution is 6.10. The summed E-state index contributed by atoms with van der Waals surface area (Å²) in [5.74, 6) is -0.877. The van der Waals surface area contributed by atoms with Crippen LogP contribution >= 0.6 is 0 Å². The minimum Gasteiger partial charge on any atom is -0.352 e. The van der Waals surface area contributed by atoms with E-state index in [4.69, 9.17) is 0 Å². The molecule has 4 rings (SSSR count). The van der Waals surface area contributed by atoms with Crippen LogP contribution < -0.4 is 10.9 Å². The zero-order valence-electron chi connectivity index (χ0n) is 12.3. The maximum Gasteiger partial charge on any atom is 0.257 e. The molecule has 0 aliphatic carbocycles. The summed E-state index contributed by atoms with van der Waals surface area (Å²) >= 11 is 0. The molecular formula is C18H11F2N3O.